The molecular formula is C23H24Cl2FN5O2. The molecule has 1 aromatic carbocycles. The van der Waals surface area contributed by atoms with Crippen molar-refractivity contribution in [3.05, 3.63) is 58.2 Å². The van der Waals surface area contributed by atoms with Crippen molar-refractivity contribution in [2.45, 2.75) is 25.5 Å². The zero-order chi connectivity index (χ0) is 23.2. The summed E-state index contributed by atoms with van der Waals surface area (Å²) in [6.07, 6.45) is 5.80. The third kappa shape index (κ3) is 4.05. The minimum absolute atomic E-state index is 0.0742. The van der Waals surface area contributed by atoms with Crippen LogP contribution in [0.4, 0.5) is 10.2 Å². The van der Waals surface area contributed by atoms with E-state index in [4.69, 9.17) is 38.4 Å². The Morgan fingerprint density at radius 1 is 1.30 bits per heavy atom. The van der Waals surface area contributed by atoms with Gasteiger partial charge in [0.2, 0.25) is 0 Å². The summed E-state index contributed by atoms with van der Waals surface area (Å²) in [6, 6.07) is 4.74. The molecule has 3 aromatic rings. The second-order valence-corrected chi connectivity index (χ2v) is 9.44. The standard InChI is InChI=1S/C23H24Cl2FN5O2/c1-13(20-16(24)2-3-17(26)21(20)25)33-18-6-14(7-29-22(18)27)15-8-30-31(9-15)19-4-5-32-12-23(19)10-28-11-23/h2-3,6-9,13,19,28H,4-5,10-12H2,1H3,(H2,27,29)/t13-,19?/m1/s1. The molecule has 2 aromatic heterocycles. The summed E-state index contributed by atoms with van der Waals surface area (Å²) in [4.78, 5) is 4.29. The molecule has 2 atom stereocenters. The van der Waals surface area contributed by atoms with Crippen LogP contribution in [-0.4, -0.2) is 41.1 Å². The van der Waals surface area contributed by atoms with E-state index in [1.807, 2.05) is 17.1 Å². The first kappa shape index (κ1) is 22.4. The molecule has 0 saturated carbocycles. The van der Waals surface area contributed by atoms with E-state index >= 15 is 0 Å². The number of rotatable bonds is 5. The highest BCUT2D eigenvalue weighted by Crippen LogP contribution is 2.42. The van der Waals surface area contributed by atoms with Gasteiger partial charge in [-0.2, -0.15) is 5.10 Å². The molecule has 0 amide bonds. The normalized spacial score (nSPS) is 20.4. The van der Waals surface area contributed by atoms with Crippen molar-refractivity contribution in [1.82, 2.24) is 20.1 Å². The molecule has 0 radical (unpaired) electrons. The summed E-state index contributed by atoms with van der Waals surface area (Å²) in [5.74, 6) is 0.00626. The van der Waals surface area contributed by atoms with E-state index in [2.05, 4.69) is 15.4 Å². The van der Waals surface area contributed by atoms with E-state index in [1.54, 1.807) is 19.2 Å². The third-order valence-corrected chi connectivity index (χ3v) is 7.23. The summed E-state index contributed by atoms with van der Waals surface area (Å²) in [7, 11) is 0. The number of nitrogens with zero attached hydrogens (tertiary/aromatic N) is 3. The van der Waals surface area contributed by atoms with Crippen LogP contribution in [-0.2, 0) is 4.74 Å². The van der Waals surface area contributed by atoms with Gasteiger partial charge in [0, 0.05) is 59.2 Å². The lowest BCUT2D eigenvalue weighted by Gasteiger charge is -2.50. The molecule has 2 aliphatic rings. The molecule has 2 fully saturated rings. The zero-order valence-electron chi connectivity index (χ0n) is 18.0. The van der Waals surface area contributed by atoms with Crippen molar-refractivity contribution < 1.29 is 13.9 Å². The highest BCUT2D eigenvalue weighted by molar-refractivity contribution is 6.36. The van der Waals surface area contributed by atoms with Crippen LogP contribution in [0.15, 0.2) is 36.8 Å². The highest BCUT2D eigenvalue weighted by atomic mass is 35.5. The fourth-order valence-electron chi connectivity index (χ4n) is 4.60. The lowest BCUT2D eigenvalue weighted by atomic mass is 9.73. The maximum absolute atomic E-state index is 14.0. The predicted octanol–water partition coefficient (Wildman–Crippen LogP) is 4.66. The number of benzene rings is 1. The molecule has 1 unspecified atom stereocenters. The third-order valence-electron chi connectivity index (χ3n) is 6.51. The number of nitrogens with one attached hydrogen (secondary N) is 1. The Morgan fingerprint density at radius 2 is 2.12 bits per heavy atom. The van der Waals surface area contributed by atoms with Crippen molar-refractivity contribution in [2.75, 3.05) is 32.0 Å². The lowest BCUT2D eigenvalue weighted by Crippen LogP contribution is -2.62. The number of nitrogens with two attached hydrogens (primary N) is 1. The van der Waals surface area contributed by atoms with Crippen LogP contribution in [0.3, 0.4) is 0 Å². The summed E-state index contributed by atoms with van der Waals surface area (Å²) in [5.41, 5.74) is 8.22. The molecule has 2 aliphatic heterocycles. The van der Waals surface area contributed by atoms with Crippen LogP contribution >= 0.6 is 23.2 Å². The number of pyridine rings is 1. The van der Waals surface area contributed by atoms with Gasteiger partial charge in [0.05, 0.1) is 23.9 Å². The fraction of sp³-hybridized carbons (Fsp3) is 0.391. The first-order chi connectivity index (χ1) is 15.9. The van der Waals surface area contributed by atoms with Gasteiger partial charge < -0.3 is 20.5 Å². The molecular weight excluding hydrogens is 468 g/mol. The molecule has 7 nitrogen and oxygen atoms in total. The second kappa shape index (κ2) is 8.76. The average Bonchev–Trinajstić information content (AvgIpc) is 3.27. The summed E-state index contributed by atoms with van der Waals surface area (Å²) >= 11 is 12.4. The smallest absolute Gasteiger partial charge is 0.166 e. The molecule has 10 heteroatoms. The number of ether oxygens (including phenoxy) is 2. The van der Waals surface area contributed by atoms with Crippen LogP contribution < -0.4 is 15.8 Å². The quantitative estimate of drug-likeness (QED) is 0.504. The minimum Gasteiger partial charge on any atom is -0.482 e. The Morgan fingerprint density at radius 3 is 2.88 bits per heavy atom. The van der Waals surface area contributed by atoms with Crippen molar-refractivity contribution >= 4 is 29.0 Å². The molecule has 2 saturated heterocycles. The largest absolute Gasteiger partial charge is 0.482 e. The SMILES string of the molecule is C[C@@H](Oc1cc(-c2cnn(C3CCOCC34CNC4)c2)cnc1N)c1c(Cl)ccc(F)c1Cl. The van der Waals surface area contributed by atoms with Crippen LogP contribution in [0, 0.1) is 11.2 Å². The Balaban J connectivity index is 1.40. The van der Waals surface area contributed by atoms with Gasteiger partial charge in [0.25, 0.3) is 0 Å². The van der Waals surface area contributed by atoms with E-state index in [-0.39, 0.29) is 22.3 Å². The summed E-state index contributed by atoms with van der Waals surface area (Å²) in [6.45, 7) is 5.05. The number of aromatic nitrogens is 3. The maximum atomic E-state index is 14.0. The topological polar surface area (TPSA) is 87.2 Å². The molecule has 0 bridgehead atoms. The molecule has 3 N–H and O–H groups in total. The predicted molar refractivity (Wildman–Crippen MR) is 125 cm³/mol. The van der Waals surface area contributed by atoms with Crippen LogP contribution in [0.2, 0.25) is 10.0 Å². The van der Waals surface area contributed by atoms with E-state index in [9.17, 15) is 4.39 Å². The maximum Gasteiger partial charge on any atom is 0.166 e. The molecule has 33 heavy (non-hydrogen) atoms. The second-order valence-electron chi connectivity index (χ2n) is 8.66. The Hall–Kier alpha value is -2.39. The Kier molecular flexibility index (Phi) is 5.95. The van der Waals surface area contributed by atoms with Crippen molar-refractivity contribution in [3.63, 3.8) is 0 Å². The van der Waals surface area contributed by atoms with Gasteiger partial charge in [0.15, 0.2) is 11.6 Å². The fourth-order valence-corrected chi connectivity index (χ4v) is 5.28. The number of hydrogen-bond donors (Lipinski definition) is 2. The number of halogens is 3. The van der Waals surface area contributed by atoms with Gasteiger partial charge in [0.1, 0.15) is 11.9 Å². The van der Waals surface area contributed by atoms with E-state index < -0.39 is 11.9 Å². The summed E-state index contributed by atoms with van der Waals surface area (Å²) in [5, 5.41) is 8.25. The summed E-state index contributed by atoms with van der Waals surface area (Å²) < 4.78 is 27.7. The van der Waals surface area contributed by atoms with Gasteiger partial charge >= 0.3 is 0 Å². The zero-order valence-corrected chi connectivity index (χ0v) is 19.5. The lowest BCUT2D eigenvalue weighted by molar-refractivity contribution is -0.0778. The first-order valence-electron chi connectivity index (χ1n) is 10.8. The molecule has 0 aliphatic carbocycles. The van der Waals surface area contributed by atoms with E-state index in [0.29, 0.717) is 16.3 Å². The van der Waals surface area contributed by atoms with Crippen LogP contribution in [0.5, 0.6) is 5.75 Å². The number of hydrogen-bond acceptors (Lipinski definition) is 6. The molecule has 4 heterocycles. The van der Waals surface area contributed by atoms with Gasteiger partial charge in [-0.25, -0.2) is 9.37 Å². The van der Waals surface area contributed by atoms with Gasteiger partial charge in [-0.1, -0.05) is 23.2 Å². The molecule has 5 rings (SSSR count). The molecule has 1 spiro atoms. The van der Waals surface area contributed by atoms with E-state index in [0.717, 1.165) is 43.9 Å². The van der Waals surface area contributed by atoms with Crippen molar-refractivity contribution in [1.29, 1.82) is 0 Å². The van der Waals surface area contributed by atoms with Gasteiger partial charge in [-0.3, -0.25) is 4.68 Å². The van der Waals surface area contributed by atoms with Crippen molar-refractivity contribution in [3.8, 4) is 16.9 Å². The Labute approximate surface area is 201 Å². The Bertz CT molecular complexity index is 1180. The van der Waals surface area contributed by atoms with Crippen LogP contribution in [0.1, 0.15) is 31.1 Å². The monoisotopic (exact) mass is 491 g/mol. The number of anilines is 1. The highest BCUT2D eigenvalue weighted by Gasteiger charge is 2.47. The van der Waals surface area contributed by atoms with Gasteiger partial charge in [-0.05, 0) is 31.5 Å². The first-order valence-corrected chi connectivity index (χ1v) is 11.5. The van der Waals surface area contributed by atoms with Crippen LogP contribution in [0.25, 0.3) is 11.1 Å². The van der Waals surface area contributed by atoms with Crippen molar-refractivity contribution in [2.24, 2.45) is 5.41 Å². The number of nitrogen functional groups attached to an aromatic ring is 1. The average molecular weight is 492 g/mol. The molecule has 174 valence electrons. The minimum atomic E-state index is -0.643. The van der Waals surface area contributed by atoms with E-state index in [1.165, 1.54) is 12.1 Å². The van der Waals surface area contributed by atoms with Gasteiger partial charge in [-0.15, -0.1) is 0 Å².